The van der Waals surface area contributed by atoms with E-state index in [0.29, 0.717) is 13.0 Å². The Morgan fingerprint density at radius 3 is 2.17 bits per heavy atom. The van der Waals surface area contributed by atoms with Crippen LogP contribution in [0, 0.1) is 0 Å². The van der Waals surface area contributed by atoms with Gasteiger partial charge in [0.25, 0.3) is 0 Å². The minimum atomic E-state index is -4.51. The Kier molecular flexibility index (Phi) is 4.55. The van der Waals surface area contributed by atoms with E-state index in [1.165, 1.54) is 6.92 Å². The first-order chi connectivity index (χ1) is 5.31. The van der Waals surface area contributed by atoms with E-state index >= 15 is 0 Å². The van der Waals surface area contributed by atoms with Crippen LogP contribution < -0.4 is 0 Å². The molecule has 0 aromatic heterocycles. The molecule has 0 aliphatic carbocycles. The number of nitrogens with zero attached hydrogens (tertiary/aromatic N) is 1. The lowest BCUT2D eigenvalue weighted by molar-refractivity contribution is -0.340. The molecule has 0 aliphatic rings. The van der Waals surface area contributed by atoms with Gasteiger partial charge in [-0.05, 0) is 34.0 Å². The Morgan fingerprint density at radius 1 is 1.33 bits per heavy atom. The molecule has 5 heteroatoms. The van der Waals surface area contributed by atoms with E-state index < -0.39 is 12.5 Å². The van der Waals surface area contributed by atoms with Crippen LogP contribution >= 0.6 is 0 Å². The molecule has 0 radical (unpaired) electrons. The molecule has 0 N–H and O–H groups in total. The molecule has 1 unspecified atom stereocenters. The second-order valence-corrected chi connectivity index (χ2v) is 2.97. The number of alkyl halides is 3. The lowest BCUT2D eigenvalue weighted by atomic mass is 10.3. The van der Waals surface area contributed by atoms with Crippen molar-refractivity contribution in [2.45, 2.75) is 25.8 Å². The van der Waals surface area contributed by atoms with Gasteiger partial charge in [-0.3, -0.25) is 4.74 Å². The van der Waals surface area contributed by atoms with Crippen LogP contribution in [0.25, 0.3) is 0 Å². The van der Waals surface area contributed by atoms with E-state index in [-0.39, 0.29) is 0 Å². The molecule has 0 saturated carbocycles. The molecule has 0 rings (SSSR count). The first-order valence-corrected chi connectivity index (χ1v) is 3.70. The Balaban J connectivity index is 3.53. The van der Waals surface area contributed by atoms with Crippen LogP contribution in [0.15, 0.2) is 0 Å². The third-order valence-corrected chi connectivity index (χ3v) is 1.32. The average Bonchev–Trinajstić information content (AvgIpc) is 1.79. The van der Waals surface area contributed by atoms with Gasteiger partial charge in [-0.25, -0.2) is 0 Å². The van der Waals surface area contributed by atoms with Gasteiger partial charge in [0.1, 0.15) is 0 Å². The molecule has 0 bridgehead atoms. The maximum atomic E-state index is 11.6. The fraction of sp³-hybridized carbons (Fsp3) is 1.00. The Hall–Kier alpha value is -0.290. The molecule has 0 fully saturated rings. The molecule has 1 atom stereocenters. The third kappa shape index (κ3) is 7.81. The third-order valence-electron chi connectivity index (χ3n) is 1.32. The molecule has 0 saturated heterocycles. The maximum absolute atomic E-state index is 11.6. The van der Waals surface area contributed by atoms with Crippen molar-refractivity contribution < 1.29 is 17.9 Å². The monoisotopic (exact) mass is 185 g/mol. The summed E-state index contributed by atoms with van der Waals surface area (Å²) < 4.78 is 38.5. The number of rotatable bonds is 4. The van der Waals surface area contributed by atoms with Crippen molar-refractivity contribution in [2.75, 3.05) is 20.6 Å². The van der Waals surface area contributed by atoms with Gasteiger partial charge in [-0.15, -0.1) is 13.2 Å². The van der Waals surface area contributed by atoms with Gasteiger partial charge in [-0.2, -0.15) is 0 Å². The number of halogens is 3. The van der Waals surface area contributed by atoms with Gasteiger partial charge < -0.3 is 4.90 Å². The molecule has 0 amide bonds. The van der Waals surface area contributed by atoms with Gasteiger partial charge in [0.05, 0.1) is 6.10 Å². The number of hydrogen-bond acceptors (Lipinski definition) is 2. The predicted octanol–water partition coefficient (Wildman–Crippen LogP) is 1.86. The highest BCUT2D eigenvalue weighted by atomic mass is 19.4. The second-order valence-electron chi connectivity index (χ2n) is 2.97. The van der Waals surface area contributed by atoms with Crippen molar-refractivity contribution in [3.8, 4) is 0 Å². The van der Waals surface area contributed by atoms with E-state index in [0.717, 1.165) is 0 Å². The molecular formula is C7H14F3NO. The molecule has 0 spiro atoms. The zero-order valence-electron chi connectivity index (χ0n) is 7.48. The summed E-state index contributed by atoms with van der Waals surface area (Å²) in [4.78, 5) is 1.82. The van der Waals surface area contributed by atoms with Gasteiger partial charge in [-0.1, -0.05) is 0 Å². The summed E-state index contributed by atoms with van der Waals surface area (Å²) in [6.45, 7) is 2.01. The molecule has 74 valence electrons. The highest BCUT2D eigenvalue weighted by molar-refractivity contribution is 4.53. The predicted molar refractivity (Wildman–Crippen MR) is 39.8 cm³/mol. The molecule has 12 heavy (non-hydrogen) atoms. The van der Waals surface area contributed by atoms with Gasteiger partial charge >= 0.3 is 6.36 Å². The maximum Gasteiger partial charge on any atom is 0.522 e. The van der Waals surface area contributed by atoms with Gasteiger partial charge in [0.15, 0.2) is 0 Å². The summed E-state index contributed by atoms with van der Waals surface area (Å²) in [7, 11) is 3.61. The van der Waals surface area contributed by atoms with E-state index in [4.69, 9.17) is 0 Å². The fourth-order valence-electron chi connectivity index (χ4n) is 0.727. The Labute approximate surface area is 70.3 Å². The largest absolute Gasteiger partial charge is 0.522 e. The molecule has 2 nitrogen and oxygen atoms in total. The van der Waals surface area contributed by atoms with E-state index in [2.05, 4.69) is 4.74 Å². The van der Waals surface area contributed by atoms with Gasteiger partial charge in [0.2, 0.25) is 0 Å². The van der Waals surface area contributed by atoms with Crippen molar-refractivity contribution in [1.82, 2.24) is 4.90 Å². The zero-order chi connectivity index (χ0) is 9.78. The highest BCUT2D eigenvalue weighted by Gasteiger charge is 2.31. The quantitative estimate of drug-likeness (QED) is 0.662. The van der Waals surface area contributed by atoms with Crippen LogP contribution in [-0.2, 0) is 4.74 Å². The lowest BCUT2D eigenvalue weighted by Crippen LogP contribution is -2.25. The van der Waals surface area contributed by atoms with Crippen LogP contribution in [0.4, 0.5) is 13.2 Å². The number of ether oxygens (including phenoxy) is 1. The minimum absolute atomic E-state index is 0.381. The Bertz CT molecular complexity index is 124. The minimum Gasteiger partial charge on any atom is -0.309 e. The van der Waals surface area contributed by atoms with Crippen LogP contribution in [0.2, 0.25) is 0 Å². The molecule has 0 aromatic carbocycles. The average molecular weight is 185 g/mol. The van der Waals surface area contributed by atoms with Crippen LogP contribution in [-0.4, -0.2) is 38.0 Å². The second kappa shape index (κ2) is 4.67. The summed E-state index contributed by atoms with van der Waals surface area (Å²) >= 11 is 0. The van der Waals surface area contributed by atoms with Crippen molar-refractivity contribution >= 4 is 0 Å². The van der Waals surface area contributed by atoms with Gasteiger partial charge in [0, 0.05) is 0 Å². The first-order valence-electron chi connectivity index (χ1n) is 3.70. The molecule has 0 aliphatic heterocycles. The first kappa shape index (κ1) is 11.7. The molecule has 0 heterocycles. The summed E-state index contributed by atoms with van der Waals surface area (Å²) in [6, 6.07) is 0. The topological polar surface area (TPSA) is 12.5 Å². The lowest BCUT2D eigenvalue weighted by Gasteiger charge is -2.17. The summed E-state index contributed by atoms with van der Waals surface area (Å²) in [5.74, 6) is 0. The fourth-order valence-corrected chi connectivity index (χ4v) is 0.727. The van der Waals surface area contributed by atoms with E-state index in [9.17, 15) is 13.2 Å². The summed E-state index contributed by atoms with van der Waals surface area (Å²) in [5, 5.41) is 0. The van der Waals surface area contributed by atoms with Crippen LogP contribution in [0.5, 0.6) is 0 Å². The smallest absolute Gasteiger partial charge is 0.309 e. The van der Waals surface area contributed by atoms with E-state index in [1.807, 2.05) is 4.90 Å². The standard InChI is InChI=1S/C7H14F3NO/c1-6(4-5-11(2)3)12-7(8,9)10/h6H,4-5H2,1-3H3. The van der Waals surface area contributed by atoms with Crippen molar-refractivity contribution in [2.24, 2.45) is 0 Å². The summed E-state index contributed by atoms with van der Waals surface area (Å²) in [5.41, 5.74) is 0. The normalized spacial score (nSPS) is 15.2. The SMILES string of the molecule is CC(CCN(C)C)OC(F)(F)F. The Morgan fingerprint density at radius 2 is 1.83 bits per heavy atom. The number of hydrogen-bond donors (Lipinski definition) is 0. The van der Waals surface area contributed by atoms with E-state index in [1.54, 1.807) is 14.1 Å². The highest BCUT2D eigenvalue weighted by Crippen LogP contribution is 2.19. The van der Waals surface area contributed by atoms with Crippen LogP contribution in [0.1, 0.15) is 13.3 Å². The van der Waals surface area contributed by atoms with Crippen molar-refractivity contribution in [3.63, 3.8) is 0 Å². The summed E-state index contributed by atoms with van der Waals surface area (Å²) in [6.07, 6.45) is -4.90. The molecular weight excluding hydrogens is 171 g/mol. The van der Waals surface area contributed by atoms with Crippen molar-refractivity contribution in [1.29, 1.82) is 0 Å². The molecule has 0 aromatic rings. The zero-order valence-corrected chi connectivity index (χ0v) is 7.48. The van der Waals surface area contributed by atoms with Crippen molar-refractivity contribution in [3.05, 3.63) is 0 Å². The van der Waals surface area contributed by atoms with Crippen LogP contribution in [0.3, 0.4) is 0 Å².